The third-order valence-corrected chi connectivity index (χ3v) is 4.64. The van der Waals surface area contributed by atoms with E-state index in [0.717, 1.165) is 10.2 Å². The summed E-state index contributed by atoms with van der Waals surface area (Å²) in [7, 11) is 0. The molecule has 124 valence electrons. The van der Waals surface area contributed by atoms with Gasteiger partial charge in [-0.05, 0) is 42.5 Å². The van der Waals surface area contributed by atoms with Gasteiger partial charge in [0.2, 0.25) is 11.8 Å². The Bertz CT molecular complexity index is 798. The molecule has 0 saturated carbocycles. The van der Waals surface area contributed by atoms with Crippen molar-refractivity contribution in [3.05, 3.63) is 57.8 Å². The highest BCUT2D eigenvalue weighted by atomic mass is 79.9. The number of halogens is 3. The standard InChI is InChI=1S/C17H13BrClFN2O2/c18-11-1-4-13(5-2-11)22-9-10(7-16(22)23)17(24)21-12-3-6-15(20)14(19)8-12/h1-6,8,10H,7,9H2,(H,21,24). The highest BCUT2D eigenvalue weighted by Crippen LogP contribution is 2.27. The molecule has 0 aliphatic carbocycles. The summed E-state index contributed by atoms with van der Waals surface area (Å²) in [6.07, 6.45) is 0.136. The summed E-state index contributed by atoms with van der Waals surface area (Å²) < 4.78 is 14.1. The van der Waals surface area contributed by atoms with E-state index in [1.54, 1.807) is 4.90 Å². The fraction of sp³-hybridized carbons (Fsp3) is 0.176. The van der Waals surface area contributed by atoms with Gasteiger partial charge in [0.15, 0.2) is 0 Å². The van der Waals surface area contributed by atoms with E-state index >= 15 is 0 Å². The number of carbonyl (C=O) groups is 2. The average Bonchev–Trinajstić information content (AvgIpc) is 2.94. The Morgan fingerprint density at radius 1 is 1.25 bits per heavy atom. The zero-order valence-electron chi connectivity index (χ0n) is 12.4. The molecule has 1 saturated heterocycles. The summed E-state index contributed by atoms with van der Waals surface area (Å²) in [5, 5.41) is 2.61. The van der Waals surface area contributed by atoms with Crippen LogP contribution in [0.4, 0.5) is 15.8 Å². The van der Waals surface area contributed by atoms with Crippen molar-refractivity contribution >= 4 is 50.7 Å². The predicted octanol–water partition coefficient (Wildman–Crippen LogP) is 4.23. The SMILES string of the molecule is O=C(Nc1ccc(F)c(Cl)c1)C1CC(=O)N(c2ccc(Br)cc2)C1. The van der Waals surface area contributed by atoms with Crippen LogP contribution in [0, 0.1) is 11.7 Å². The van der Waals surface area contributed by atoms with Crippen molar-refractivity contribution in [3.8, 4) is 0 Å². The fourth-order valence-corrected chi connectivity index (χ4v) is 3.02. The third kappa shape index (κ3) is 3.60. The molecule has 2 aromatic carbocycles. The monoisotopic (exact) mass is 410 g/mol. The van der Waals surface area contributed by atoms with E-state index < -0.39 is 11.7 Å². The lowest BCUT2D eigenvalue weighted by Crippen LogP contribution is -2.28. The summed E-state index contributed by atoms with van der Waals surface area (Å²) in [5.41, 5.74) is 1.16. The van der Waals surface area contributed by atoms with Crippen molar-refractivity contribution in [2.24, 2.45) is 5.92 Å². The average molecular weight is 412 g/mol. The van der Waals surface area contributed by atoms with Gasteiger partial charge in [-0.1, -0.05) is 27.5 Å². The predicted molar refractivity (Wildman–Crippen MR) is 94.6 cm³/mol. The Morgan fingerprint density at radius 3 is 2.62 bits per heavy atom. The van der Waals surface area contributed by atoms with Crippen LogP contribution in [-0.4, -0.2) is 18.4 Å². The smallest absolute Gasteiger partial charge is 0.229 e. The summed E-state index contributed by atoms with van der Waals surface area (Å²) in [4.78, 5) is 26.1. The lowest BCUT2D eigenvalue weighted by atomic mass is 10.1. The largest absolute Gasteiger partial charge is 0.326 e. The van der Waals surface area contributed by atoms with Gasteiger partial charge in [-0.2, -0.15) is 0 Å². The van der Waals surface area contributed by atoms with E-state index in [4.69, 9.17) is 11.6 Å². The van der Waals surface area contributed by atoms with Crippen LogP contribution < -0.4 is 10.2 Å². The molecule has 3 rings (SSSR count). The van der Waals surface area contributed by atoms with E-state index in [1.165, 1.54) is 18.2 Å². The zero-order chi connectivity index (χ0) is 17.3. The Kier molecular flexibility index (Phi) is 4.87. The first-order valence-corrected chi connectivity index (χ1v) is 8.43. The van der Waals surface area contributed by atoms with Crippen LogP contribution in [0.25, 0.3) is 0 Å². The molecule has 0 radical (unpaired) electrons. The Morgan fingerprint density at radius 2 is 1.96 bits per heavy atom. The molecule has 1 aliphatic heterocycles. The van der Waals surface area contributed by atoms with Crippen LogP contribution in [-0.2, 0) is 9.59 Å². The van der Waals surface area contributed by atoms with Crippen LogP contribution in [0.2, 0.25) is 5.02 Å². The van der Waals surface area contributed by atoms with E-state index in [9.17, 15) is 14.0 Å². The first-order chi connectivity index (χ1) is 11.4. The van der Waals surface area contributed by atoms with Gasteiger partial charge in [0.05, 0.1) is 10.9 Å². The van der Waals surface area contributed by atoms with Crippen molar-refractivity contribution in [2.45, 2.75) is 6.42 Å². The van der Waals surface area contributed by atoms with Gasteiger partial charge in [-0.3, -0.25) is 9.59 Å². The van der Waals surface area contributed by atoms with Crippen molar-refractivity contribution in [3.63, 3.8) is 0 Å². The molecule has 2 amide bonds. The molecule has 0 bridgehead atoms. The maximum atomic E-state index is 13.2. The summed E-state index contributed by atoms with van der Waals surface area (Å²) in [6.45, 7) is 0.307. The van der Waals surface area contributed by atoms with Crippen molar-refractivity contribution in [2.75, 3.05) is 16.8 Å². The van der Waals surface area contributed by atoms with Crippen LogP contribution >= 0.6 is 27.5 Å². The quantitative estimate of drug-likeness (QED) is 0.821. The van der Waals surface area contributed by atoms with Gasteiger partial charge in [0.25, 0.3) is 0 Å². The minimum atomic E-state index is -0.549. The summed E-state index contributed by atoms with van der Waals surface area (Å²) >= 11 is 9.05. The zero-order valence-corrected chi connectivity index (χ0v) is 14.8. The fourth-order valence-electron chi connectivity index (χ4n) is 2.57. The number of benzene rings is 2. The number of anilines is 2. The van der Waals surface area contributed by atoms with Crippen LogP contribution in [0.3, 0.4) is 0 Å². The first-order valence-electron chi connectivity index (χ1n) is 7.26. The molecule has 4 nitrogen and oxygen atoms in total. The Balaban J connectivity index is 1.69. The minimum Gasteiger partial charge on any atom is -0.326 e. The van der Waals surface area contributed by atoms with E-state index in [-0.39, 0.29) is 23.3 Å². The lowest BCUT2D eigenvalue weighted by molar-refractivity contribution is -0.122. The molecule has 0 spiro atoms. The molecule has 24 heavy (non-hydrogen) atoms. The lowest BCUT2D eigenvalue weighted by Gasteiger charge is -2.17. The van der Waals surface area contributed by atoms with Crippen molar-refractivity contribution in [1.29, 1.82) is 0 Å². The first kappa shape index (κ1) is 16.9. The molecular formula is C17H13BrClFN2O2. The molecule has 1 aliphatic rings. The molecule has 2 aromatic rings. The number of rotatable bonds is 3. The van der Waals surface area contributed by atoms with Gasteiger partial charge < -0.3 is 10.2 Å². The number of amides is 2. The summed E-state index contributed by atoms with van der Waals surface area (Å²) in [6, 6.07) is 11.3. The van der Waals surface area contributed by atoms with Crippen LogP contribution in [0.15, 0.2) is 46.9 Å². The van der Waals surface area contributed by atoms with Crippen LogP contribution in [0.5, 0.6) is 0 Å². The molecule has 1 N–H and O–H groups in total. The Hall–Kier alpha value is -1.92. The third-order valence-electron chi connectivity index (χ3n) is 3.82. The van der Waals surface area contributed by atoms with Gasteiger partial charge in [0, 0.05) is 28.8 Å². The topological polar surface area (TPSA) is 49.4 Å². The van der Waals surface area contributed by atoms with Gasteiger partial charge >= 0.3 is 0 Å². The number of nitrogens with zero attached hydrogens (tertiary/aromatic N) is 1. The molecule has 0 aromatic heterocycles. The van der Waals surface area contributed by atoms with E-state index in [1.807, 2.05) is 24.3 Å². The van der Waals surface area contributed by atoms with Crippen LogP contribution in [0.1, 0.15) is 6.42 Å². The molecule has 1 unspecified atom stereocenters. The normalized spacial score (nSPS) is 17.2. The second-order valence-corrected chi connectivity index (χ2v) is 6.82. The Labute approximate surface area is 151 Å². The molecule has 7 heteroatoms. The van der Waals surface area contributed by atoms with E-state index in [0.29, 0.717) is 12.2 Å². The molecule has 1 atom stereocenters. The van der Waals surface area contributed by atoms with E-state index in [2.05, 4.69) is 21.2 Å². The molecule has 1 fully saturated rings. The second-order valence-electron chi connectivity index (χ2n) is 5.50. The number of carbonyl (C=O) groups excluding carboxylic acids is 2. The number of hydrogen-bond acceptors (Lipinski definition) is 2. The maximum absolute atomic E-state index is 13.2. The van der Waals surface area contributed by atoms with Crippen molar-refractivity contribution in [1.82, 2.24) is 0 Å². The molecular weight excluding hydrogens is 399 g/mol. The number of nitrogens with one attached hydrogen (secondary N) is 1. The van der Waals surface area contributed by atoms with Crippen molar-refractivity contribution < 1.29 is 14.0 Å². The van der Waals surface area contributed by atoms with Gasteiger partial charge in [-0.15, -0.1) is 0 Å². The maximum Gasteiger partial charge on any atom is 0.229 e. The second kappa shape index (κ2) is 6.91. The van der Waals surface area contributed by atoms with Gasteiger partial charge in [0.1, 0.15) is 5.82 Å². The highest BCUT2D eigenvalue weighted by Gasteiger charge is 2.35. The highest BCUT2D eigenvalue weighted by molar-refractivity contribution is 9.10. The number of hydrogen-bond donors (Lipinski definition) is 1. The van der Waals surface area contributed by atoms with Gasteiger partial charge in [-0.25, -0.2) is 4.39 Å². The summed E-state index contributed by atoms with van der Waals surface area (Å²) in [5.74, 6) is -1.41. The molecule has 1 heterocycles. The minimum absolute atomic E-state index is 0.0632.